The Balaban J connectivity index is 1.57. The van der Waals surface area contributed by atoms with Crippen molar-refractivity contribution in [3.05, 3.63) is 69.6 Å². The van der Waals surface area contributed by atoms with E-state index in [4.69, 9.17) is 0 Å². The number of aromatic nitrogens is 1. The van der Waals surface area contributed by atoms with Gasteiger partial charge in [0.15, 0.2) is 11.0 Å². The van der Waals surface area contributed by atoms with E-state index < -0.39 is 39.1 Å². The highest BCUT2D eigenvalue weighted by Gasteiger charge is 2.23. The van der Waals surface area contributed by atoms with E-state index >= 15 is 0 Å². The molecule has 0 spiro atoms. The minimum Gasteiger partial charge on any atom is -0.370 e. The quantitative estimate of drug-likeness (QED) is 0.472. The first-order valence-electron chi connectivity index (χ1n) is 9.78. The molecule has 1 aromatic heterocycles. The second-order valence-corrected chi connectivity index (χ2v) is 9.32. The average molecular weight is 485 g/mol. The van der Waals surface area contributed by atoms with Crippen LogP contribution in [0.3, 0.4) is 0 Å². The third-order valence-corrected chi connectivity index (χ3v) is 7.02. The SMILES string of the molecule is CN(Cc1c(F)ccc(F)c1CN1CCC1)c1cc(F)c(S(=O)Nc2cscn2)c(F)c1. The molecule has 3 aromatic rings. The van der Waals surface area contributed by atoms with Crippen LogP contribution in [0.15, 0.2) is 40.1 Å². The Bertz CT molecular complexity index is 1120. The van der Waals surface area contributed by atoms with Crippen LogP contribution < -0.4 is 9.62 Å². The molecular weight excluding hydrogens is 464 g/mol. The van der Waals surface area contributed by atoms with E-state index in [1.54, 1.807) is 5.38 Å². The van der Waals surface area contributed by atoms with E-state index in [-0.39, 0.29) is 35.7 Å². The zero-order valence-corrected chi connectivity index (χ0v) is 18.7. The highest BCUT2D eigenvalue weighted by molar-refractivity contribution is 7.86. The Labute approximate surface area is 189 Å². The standard InChI is InChI=1S/C21H20F4N4OS2/c1-28(9-14-15(10-29-5-2-6-29)17(23)4-3-16(14)22)13-7-18(24)21(19(25)8-13)32(30)27-20-11-31-12-26-20/h3-4,7-8,11-12,27H,2,5-6,9-10H2,1H3. The largest absolute Gasteiger partial charge is 0.370 e. The molecule has 0 radical (unpaired) electrons. The Morgan fingerprint density at radius 3 is 2.31 bits per heavy atom. The van der Waals surface area contributed by atoms with E-state index in [9.17, 15) is 21.8 Å². The van der Waals surface area contributed by atoms with Crippen LogP contribution in [0.5, 0.6) is 0 Å². The second-order valence-electron chi connectivity index (χ2n) is 7.46. The van der Waals surface area contributed by atoms with Crippen LogP contribution in [-0.4, -0.2) is 34.2 Å². The van der Waals surface area contributed by atoms with Crippen LogP contribution in [0.4, 0.5) is 29.1 Å². The van der Waals surface area contributed by atoms with Gasteiger partial charge in [-0.1, -0.05) is 0 Å². The van der Waals surface area contributed by atoms with E-state index in [1.807, 2.05) is 4.90 Å². The molecule has 0 saturated carbocycles. The maximum Gasteiger partial charge on any atom is 0.157 e. The van der Waals surface area contributed by atoms with Crippen LogP contribution in [0, 0.1) is 23.3 Å². The molecular formula is C21H20F4N4OS2. The summed E-state index contributed by atoms with van der Waals surface area (Å²) in [7, 11) is -0.673. The third kappa shape index (κ3) is 4.79. The Kier molecular flexibility index (Phi) is 6.77. The van der Waals surface area contributed by atoms with Gasteiger partial charge in [0.2, 0.25) is 0 Å². The first-order chi connectivity index (χ1) is 15.3. The van der Waals surface area contributed by atoms with Crippen LogP contribution in [0.1, 0.15) is 17.5 Å². The monoisotopic (exact) mass is 484 g/mol. The summed E-state index contributed by atoms with van der Waals surface area (Å²) in [5.41, 5.74) is 1.97. The summed E-state index contributed by atoms with van der Waals surface area (Å²) >= 11 is 1.24. The van der Waals surface area contributed by atoms with Gasteiger partial charge < -0.3 is 4.90 Å². The topological polar surface area (TPSA) is 48.5 Å². The molecule has 1 aliphatic rings. The molecule has 1 N–H and O–H groups in total. The molecule has 0 bridgehead atoms. The van der Waals surface area contributed by atoms with Crippen LogP contribution >= 0.6 is 11.3 Å². The zero-order valence-electron chi connectivity index (χ0n) is 17.1. The number of likely N-dealkylation sites (tertiary alicyclic amines) is 1. The maximum atomic E-state index is 14.7. The molecule has 1 unspecified atom stereocenters. The van der Waals surface area contributed by atoms with E-state index in [0.29, 0.717) is 0 Å². The second kappa shape index (κ2) is 9.55. The smallest absolute Gasteiger partial charge is 0.157 e. The molecule has 2 heterocycles. The van der Waals surface area contributed by atoms with Gasteiger partial charge in [-0.25, -0.2) is 26.8 Å². The Hall–Kier alpha value is -2.50. The molecule has 32 heavy (non-hydrogen) atoms. The number of nitrogens with zero attached hydrogens (tertiary/aromatic N) is 3. The van der Waals surface area contributed by atoms with Crippen molar-refractivity contribution in [2.75, 3.05) is 29.8 Å². The number of rotatable bonds is 8. The fraction of sp³-hybridized carbons (Fsp3) is 0.286. The summed E-state index contributed by atoms with van der Waals surface area (Å²) in [4.78, 5) is 6.67. The molecule has 1 fully saturated rings. The summed E-state index contributed by atoms with van der Waals surface area (Å²) in [6.07, 6.45) is 1.01. The van der Waals surface area contributed by atoms with Crippen LogP contribution in [0.25, 0.3) is 0 Å². The van der Waals surface area contributed by atoms with Gasteiger partial charge in [0.1, 0.15) is 34.0 Å². The van der Waals surface area contributed by atoms with Crippen molar-refractivity contribution >= 4 is 33.8 Å². The van der Waals surface area contributed by atoms with Gasteiger partial charge in [0.25, 0.3) is 0 Å². The summed E-state index contributed by atoms with van der Waals surface area (Å²) in [5, 5.41) is 1.56. The molecule has 5 nitrogen and oxygen atoms in total. The van der Waals surface area contributed by atoms with E-state index in [1.165, 1.54) is 28.8 Å². The lowest BCUT2D eigenvalue weighted by molar-refractivity contribution is 0.169. The van der Waals surface area contributed by atoms with Crippen LogP contribution in [0.2, 0.25) is 0 Å². The van der Waals surface area contributed by atoms with Crippen molar-refractivity contribution in [1.82, 2.24) is 9.88 Å². The first kappa shape index (κ1) is 22.7. The van der Waals surface area contributed by atoms with Gasteiger partial charge in [-0.2, -0.15) is 0 Å². The molecule has 11 heteroatoms. The van der Waals surface area contributed by atoms with Crippen molar-refractivity contribution in [3.8, 4) is 0 Å². The van der Waals surface area contributed by atoms with Gasteiger partial charge in [-0.05, 0) is 43.8 Å². The third-order valence-electron chi connectivity index (χ3n) is 5.28. The molecule has 0 amide bonds. The summed E-state index contributed by atoms with van der Waals surface area (Å²) in [5.74, 6) is -2.90. The van der Waals surface area contributed by atoms with Gasteiger partial charge in [0, 0.05) is 42.3 Å². The number of halogens is 4. The molecule has 1 saturated heterocycles. The van der Waals surface area contributed by atoms with Crippen LogP contribution in [-0.2, 0) is 24.1 Å². The zero-order chi connectivity index (χ0) is 22.8. The molecule has 170 valence electrons. The number of benzene rings is 2. The lowest BCUT2D eigenvalue weighted by Gasteiger charge is -2.32. The van der Waals surface area contributed by atoms with Crippen molar-refractivity contribution in [3.63, 3.8) is 0 Å². The molecule has 4 rings (SSSR count). The fourth-order valence-corrected chi connectivity index (χ4v) is 4.86. The number of hydrogen-bond donors (Lipinski definition) is 1. The van der Waals surface area contributed by atoms with Crippen molar-refractivity contribution in [1.29, 1.82) is 0 Å². The molecule has 1 aliphatic heterocycles. The molecule has 1 atom stereocenters. The summed E-state index contributed by atoms with van der Waals surface area (Å²) < 4.78 is 73.2. The summed E-state index contributed by atoms with van der Waals surface area (Å²) in [6, 6.07) is 4.18. The van der Waals surface area contributed by atoms with E-state index in [0.717, 1.165) is 43.8 Å². The minimum absolute atomic E-state index is 0.0921. The predicted molar refractivity (Wildman–Crippen MR) is 117 cm³/mol. The fourth-order valence-electron chi connectivity index (χ4n) is 3.42. The maximum absolute atomic E-state index is 14.7. The van der Waals surface area contributed by atoms with E-state index in [2.05, 4.69) is 9.71 Å². The first-order valence-corrected chi connectivity index (χ1v) is 11.9. The van der Waals surface area contributed by atoms with Gasteiger partial charge in [0.05, 0.1) is 5.51 Å². The number of nitrogens with one attached hydrogen (secondary N) is 1. The highest BCUT2D eigenvalue weighted by Crippen LogP contribution is 2.28. The lowest BCUT2D eigenvalue weighted by Crippen LogP contribution is -2.37. The average Bonchev–Trinajstić information content (AvgIpc) is 3.21. The Morgan fingerprint density at radius 2 is 1.75 bits per heavy atom. The van der Waals surface area contributed by atoms with Gasteiger partial charge in [-0.3, -0.25) is 9.62 Å². The lowest BCUT2D eigenvalue weighted by atomic mass is 10.0. The number of hydrogen-bond acceptors (Lipinski definition) is 5. The summed E-state index contributed by atoms with van der Waals surface area (Å²) in [6.45, 7) is 1.81. The molecule has 2 aromatic carbocycles. The normalized spacial score (nSPS) is 14.8. The number of thiazole rings is 1. The van der Waals surface area contributed by atoms with Gasteiger partial charge in [-0.15, -0.1) is 11.3 Å². The van der Waals surface area contributed by atoms with Crippen molar-refractivity contribution in [2.45, 2.75) is 24.4 Å². The molecule has 0 aliphatic carbocycles. The van der Waals surface area contributed by atoms with Crippen molar-refractivity contribution in [2.24, 2.45) is 0 Å². The number of anilines is 2. The van der Waals surface area contributed by atoms with Crippen molar-refractivity contribution < 1.29 is 21.8 Å². The minimum atomic E-state index is -2.20. The highest BCUT2D eigenvalue weighted by atomic mass is 32.2. The predicted octanol–water partition coefficient (Wildman–Crippen LogP) is 4.68. The van der Waals surface area contributed by atoms with Gasteiger partial charge >= 0.3 is 0 Å². The Morgan fingerprint density at radius 1 is 1.09 bits per heavy atom.